The zero-order chi connectivity index (χ0) is 6.41. The van der Waals surface area contributed by atoms with E-state index < -0.39 is 0 Å². The van der Waals surface area contributed by atoms with Crippen molar-refractivity contribution in [2.75, 3.05) is 5.88 Å². The Kier molecular flexibility index (Phi) is 1.11. The van der Waals surface area contributed by atoms with Crippen LogP contribution in [0.15, 0.2) is 0 Å². The molecular weight excluding hydrogens is 124 g/mol. The molecule has 8 heavy (non-hydrogen) atoms. The first-order valence-corrected chi connectivity index (χ1v) is 3.31. The lowest BCUT2D eigenvalue weighted by molar-refractivity contribution is 0.297. The second kappa shape index (κ2) is 1.39. The molecule has 1 atom stereocenters. The number of halogens is 1. The Labute approximate surface area is 55.0 Å². The van der Waals surface area contributed by atoms with Crippen LogP contribution in [0.3, 0.4) is 0 Å². The number of alkyl halides is 1. The maximum Gasteiger partial charge on any atom is 0.108 e. The van der Waals surface area contributed by atoms with Gasteiger partial charge in [0, 0.05) is 0 Å². The molecule has 1 unspecified atom stereocenters. The molecule has 0 radical (unpaired) electrons. The highest BCUT2D eigenvalue weighted by molar-refractivity contribution is 6.18. The van der Waals surface area contributed by atoms with E-state index in [1.54, 1.807) is 0 Å². The first kappa shape index (κ1) is 6.37. The summed E-state index contributed by atoms with van der Waals surface area (Å²) in [5.74, 6) is 0.597. The Morgan fingerprint density at radius 2 is 1.75 bits per heavy atom. The molecule has 0 aliphatic carbocycles. The fraction of sp³-hybridized carbons (Fsp3) is 1.00. The molecule has 48 valence electrons. The first-order chi connectivity index (χ1) is 3.52. The van der Waals surface area contributed by atoms with Crippen LogP contribution in [-0.2, 0) is 4.74 Å². The fourth-order valence-electron chi connectivity index (χ4n) is 0.726. The third-order valence-corrected chi connectivity index (χ3v) is 2.48. The van der Waals surface area contributed by atoms with Crippen molar-refractivity contribution in [3.63, 3.8) is 0 Å². The Morgan fingerprint density at radius 3 is 1.75 bits per heavy atom. The van der Waals surface area contributed by atoms with Crippen molar-refractivity contribution in [2.24, 2.45) is 0 Å². The van der Waals surface area contributed by atoms with Gasteiger partial charge in [-0.3, -0.25) is 0 Å². The van der Waals surface area contributed by atoms with Gasteiger partial charge < -0.3 is 4.74 Å². The minimum absolute atomic E-state index is 0.0226. The second-order valence-electron chi connectivity index (χ2n) is 2.98. The summed E-state index contributed by atoms with van der Waals surface area (Å²) in [6, 6.07) is 0. The molecule has 0 aromatic rings. The third kappa shape index (κ3) is 0.652. The quantitative estimate of drug-likeness (QED) is 0.394. The molecular formula is C6H11ClO. The van der Waals surface area contributed by atoms with Crippen LogP contribution < -0.4 is 0 Å². The third-order valence-electron chi connectivity index (χ3n) is 1.97. The predicted molar refractivity (Wildman–Crippen MR) is 34.3 cm³/mol. The molecule has 1 nitrogen and oxygen atoms in total. The van der Waals surface area contributed by atoms with Crippen LogP contribution in [0.1, 0.15) is 20.8 Å². The summed E-state index contributed by atoms with van der Waals surface area (Å²) in [6.45, 7) is 6.13. The average molecular weight is 135 g/mol. The van der Waals surface area contributed by atoms with E-state index in [0.717, 1.165) is 0 Å². The fourth-order valence-corrected chi connectivity index (χ4v) is 1.10. The van der Waals surface area contributed by atoms with Gasteiger partial charge in [0.15, 0.2) is 0 Å². The van der Waals surface area contributed by atoms with Gasteiger partial charge in [-0.1, -0.05) is 0 Å². The van der Waals surface area contributed by atoms with Crippen LogP contribution in [0.2, 0.25) is 0 Å². The van der Waals surface area contributed by atoms with Crippen molar-refractivity contribution in [3.05, 3.63) is 0 Å². The highest BCUT2D eigenvalue weighted by Crippen LogP contribution is 2.47. The summed E-state index contributed by atoms with van der Waals surface area (Å²) in [5.41, 5.74) is -0.0245. The van der Waals surface area contributed by atoms with Gasteiger partial charge in [-0.05, 0) is 20.8 Å². The molecule has 1 fully saturated rings. The molecule has 0 saturated carbocycles. The largest absolute Gasteiger partial charge is 0.362 e. The molecule has 0 spiro atoms. The molecule has 1 rings (SSSR count). The smallest absolute Gasteiger partial charge is 0.108 e. The Bertz CT molecular complexity index is 111. The van der Waals surface area contributed by atoms with Crippen molar-refractivity contribution in [3.8, 4) is 0 Å². The second-order valence-corrected chi connectivity index (χ2v) is 3.24. The molecule has 1 aliphatic heterocycles. The Morgan fingerprint density at radius 1 is 1.38 bits per heavy atom. The van der Waals surface area contributed by atoms with Gasteiger partial charge >= 0.3 is 0 Å². The van der Waals surface area contributed by atoms with Crippen LogP contribution in [0.5, 0.6) is 0 Å². The minimum Gasteiger partial charge on any atom is -0.362 e. The summed E-state index contributed by atoms with van der Waals surface area (Å²) in [5, 5.41) is 0. The summed E-state index contributed by atoms with van der Waals surface area (Å²) < 4.78 is 5.31. The summed E-state index contributed by atoms with van der Waals surface area (Å²) in [6.07, 6.45) is 0. The van der Waals surface area contributed by atoms with E-state index in [4.69, 9.17) is 16.3 Å². The molecule has 0 N–H and O–H groups in total. The minimum atomic E-state index is -0.0471. The number of hydrogen-bond donors (Lipinski definition) is 0. The standard InChI is InChI=1S/C6H11ClO/c1-5(2)6(3,4-7)8-5/h4H2,1-3H3. The Hall–Kier alpha value is 0.250. The maximum atomic E-state index is 5.60. The predicted octanol–water partition coefficient (Wildman–Crippen LogP) is 1.79. The van der Waals surface area contributed by atoms with Gasteiger partial charge in [0.2, 0.25) is 0 Å². The number of rotatable bonds is 1. The monoisotopic (exact) mass is 134 g/mol. The maximum absolute atomic E-state index is 5.60. The van der Waals surface area contributed by atoms with E-state index in [-0.39, 0.29) is 11.2 Å². The number of epoxide rings is 1. The van der Waals surface area contributed by atoms with Crippen LogP contribution in [-0.4, -0.2) is 17.1 Å². The number of ether oxygens (including phenoxy) is 1. The van der Waals surface area contributed by atoms with Crippen molar-refractivity contribution in [2.45, 2.75) is 32.0 Å². The molecule has 0 aromatic heterocycles. The average Bonchev–Trinajstić information content (AvgIpc) is 2.10. The molecule has 2 heteroatoms. The summed E-state index contributed by atoms with van der Waals surface area (Å²) in [7, 11) is 0. The highest BCUT2D eigenvalue weighted by Gasteiger charge is 2.59. The van der Waals surface area contributed by atoms with Crippen LogP contribution in [0, 0.1) is 0 Å². The van der Waals surface area contributed by atoms with Gasteiger partial charge in [-0.25, -0.2) is 0 Å². The van der Waals surface area contributed by atoms with E-state index in [2.05, 4.69) is 13.8 Å². The van der Waals surface area contributed by atoms with E-state index in [0.29, 0.717) is 5.88 Å². The van der Waals surface area contributed by atoms with Crippen LogP contribution in [0.4, 0.5) is 0 Å². The molecule has 1 saturated heterocycles. The molecule has 0 aromatic carbocycles. The van der Waals surface area contributed by atoms with Crippen molar-refractivity contribution < 1.29 is 4.74 Å². The zero-order valence-electron chi connectivity index (χ0n) is 5.49. The first-order valence-electron chi connectivity index (χ1n) is 2.78. The highest BCUT2D eigenvalue weighted by atomic mass is 35.5. The SMILES string of the molecule is CC1(C)OC1(C)CCl. The Balaban J connectivity index is 2.55. The van der Waals surface area contributed by atoms with Crippen molar-refractivity contribution in [1.82, 2.24) is 0 Å². The van der Waals surface area contributed by atoms with Gasteiger partial charge in [0.05, 0.1) is 11.5 Å². The lowest BCUT2D eigenvalue weighted by Crippen LogP contribution is -2.17. The topological polar surface area (TPSA) is 12.5 Å². The molecule has 1 heterocycles. The molecule has 0 amide bonds. The zero-order valence-corrected chi connectivity index (χ0v) is 6.25. The molecule has 1 aliphatic rings. The lowest BCUT2D eigenvalue weighted by atomic mass is 10.0. The normalized spacial score (nSPS) is 42.0. The molecule has 0 bridgehead atoms. The van der Waals surface area contributed by atoms with E-state index >= 15 is 0 Å². The van der Waals surface area contributed by atoms with Gasteiger partial charge in [0.25, 0.3) is 0 Å². The van der Waals surface area contributed by atoms with Gasteiger partial charge in [-0.2, -0.15) is 0 Å². The van der Waals surface area contributed by atoms with E-state index in [1.807, 2.05) is 6.92 Å². The lowest BCUT2D eigenvalue weighted by Gasteiger charge is -2.00. The van der Waals surface area contributed by atoms with E-state index in [1.165, 1.54) is 0 Å². The summed E-state index contributed by atoms with van der Waals surface area (Å²) >= 11 is 5.60. The van der Waals surface area contributed by atoms with Gasteiger partial charge in [-0.15, -0.1) is 11.6 Å². The number of hydrogen-bond acceptors (Lipinski definition) is 1. The summed E-state index contributed by atoms with van der Waals surface area (Å²) in [4.78, 5) is 0. The van der Waals surface area contributed by atoms with Gasteiger partial charge in [0.1, 0.15) is 5.60 Å². The van der Waals surface area contributed by atoms with Crippen molar-refractivity contribution >= 4 is 11.6 Å². The van der Waals surface area contributed by atoms with Crippen LogP contribution >= 0.6 is 11.6 Å². The van der Waals surface area contributed by atoms with Crippen LogP contribution in [0.25, 0.3) is 0 Å². The van der Waals surface area contributed by atoms with Crippen molar-refractivity contribution in [1.29, 1.82) is 0 Å². The van der Waals surface area contributed by atoms with E-state index in [9.17, 15) is 0 Å².